The molecular weight excluding hydrogens is 300 g/mol. The first-order valence-electron chi connectivity index (χ1n) is 8.22. The minimum absolute atomic E-state index is 0.0726. The van der Waals surface area contributed by atoms with Gasteiger partial charge in [-0.05, 0) is 50.1 Å². The summed E-state index contributed by atoms with van der Waals surface area (Å²) < 4.78 is 5.71. The lowest BCUT2D eigenvalue weighted by Gasteiger charge is -2.14. The van der Waals surface area contributed by atoms with Crippen LogP contribution in [0.15, 0.2) is 36.5 Å². The van der Waals surface area contributed by atoms with E-state index >= 15 is 0 Å². The first-order valence-corrected chi connectivity index (χ1v) is 8.22. The number of pyridine rings is 1. The molecule has 1 aromatic heterocycles. The third-order valence-corrected chi connectivity index (χ3v) is 3.41. The molecule has 0 bridgehead atoms. The Morgan fingerprint density at radius 1 is 1.21 bits per heavy atom. The molecule has 2 aromatic rings. The first kappa shape index (κ1) is 17.8. The van der Waals surface area contributed by atoms with Crippen LogP contribution in [-0.4, -0.2) is 23.3 Å². The van der Waals surface area contributed by atoms with Crippen molar-refractivity contribution in [2.45, 2.75) is 33.8 Å². The van der Waals surface area contributed by atoms with Crippen LogP contribution in [0.1, 0.15) is 38.8 Å². The van der Waals surface area contributed by atoms with Crippen LogP contribution in [0, 0.1) is 11.3 Å². The Morgan fingerprint density at radius 3 is 2.62 bits per heavy atom. The number of nitrogens with one attached hydrogen (secondary N) is 2. The molecule has 5 nitrogen and oxygen atoms in total. The number of hydrogen-bond acceptors (Lipinski definition) is 5. The minimum atomic E-state index is 0.0726. The molecule has 0 unspecified atom stereocenters. The maximum atomic E-state index is 8.51. The van der Waals surface area contributed by atoms with E-state index < -0.39 is 0 Å². The van der Waals surface area contributed by atoms with Crippen LogP contribution in [0.4, 0.5) is 11.5 Å². The summed E-state index contributed by atoms with van der Waals surface area (Å²) in [4.78, 5) is 4.30. The van der Waals surface area contributed by atoms with Crippen LogP contribution in [0.25, 0.3) is 0 Å². The Morgan fingerprint density at radius 2 is 1.96 bits per heavy atom. The third-order valence-electron chi connectivity index (χ3n) is 3.41. The number of ether oxygens (including phenoxy) is 1. The van der Waals surface area contributed by atoms with Crippen molar-refractivity contribution >= 4 is 17.2 Å². The molecule has 0 aliphatic rings. The van der Waals surface area contributed by atoms with Crippen molar-refractivity contribution in [2.75, 3.05) is 17.6 Å². The lowest BCUT2D eigenvalue weighted by molar-refractivity contribution is 0.242. The highest BCUT2D eigenvalue weighted by Crippen LogP contribution is 2.24. The van der Waals surface area contributed by atoms with Crippen LogP contribution in [0.3, 0.4) is 0 Å². The fourth-order valence-electron chi connectivity index (χ4n) is 2.24. The Labute approximate surface area is 143 Å². The molecule has 0 atom stereocenters. The van der Waals surface area contributed by atoms with E-state index in [2.05, 4.69) is 24.1 Å². The van der Waals surface area contributed by atoms with E-state index in [0.717, 1.165) is 17.9 Å². The van der Waals surface area contributed by atoms with Crippen LogP contribution in [0.2, 0.25) is 0 Å². The number of nitrogens with two attached hydrogens (primary N) is 1. The SMILES string of the molecule is CC(C)CNc1cc(C(=N)c2cc(OC(C)C)ccc2N)ccn1. The normalized spacial score (nSPS) is 10.9. The van der Waals surface area contributed by atoms with Crippen molar-refractivity contribution in [1.82, 2.24) is 4.98 Å². The van der Waals surface area contributed by atoms with Gasteiger partial charge < -0.3 is 15.8 Å². The molecule has 0 saturated carbocycles. The summed E-state index contributed by atoms with van der Waals surface area (Å²) in [6.45, 7) is 9.05. The number of benzene rings is 1. The van der Waals surface area contributed by atoms with Gasteiger partial charge in [-0.3, -0.25) is 5.41 Å². The highest BCUT2D eigenvalue weighted by molar-refractivity contribution is 6.14. The molecule has 1 heterocycles. The molecule has 1 aromatic carbocycles. The van der Waals surface area contributed by atoms with Gasteiger partial charge in [-0.1, -0.05) is 13.8 Å². The smallest absolute Gasteiger partial charge is 0.126 e. The zero-order valence-electron chi connectivity index (χ0n) is 14.8. The summed E-state index contributed by atoms with van der Waals surface area (Å²) >= 11 is 0. The van der Waals surface area contributed by atoms with Gasteiger partial charge in [-0.2, -0.15) is 0 Å². The summed E-state index contributed by atoms with van der Waals surface area (Å²) in [6.07, 6.45) is 1.78. The Hall–Kier alpha value is -2.56. The zero-order valence-corrected chi connectivity index (χ0v) is 14.8. The minimum Gasteiger partial charge on any atom is -0.491 e. The summed E-state index contributed by atoms with van der Waals surface area (Å²) in [5, 5.41) is 11.8. The molecule has 0 fully saturated rings. The van der Waals surface area contributed by atoms with Crippen molar-refractivity contribution in [3.05, 3.63) is 47.7 Å². The van der Waals surface area contributed by atoms with Gasteiger partial charge in [0.2, 0.25) is 0 Å². The van der Waals surface area contributed by atoms with Crippen molar-refractivity contribution in [3.8, 4) is 5.75 Å². The van der Waals surface area contributed by atoms with Gasteiger partial charge >= 0.3 is 0 Å². The summed E-state index contributed by atoms with van der Waals surface area (Å²) in [5.74, 6) is 2.00. The summed E-state index contributed by atoms with van der Waals surface area (Å²) in [6, 6.07) is 9.12. The van der Waals surface area contributed by atoms with Crippen molar-refractivity contribution in [3.63, 3.8) is 0 Å². The average Bonchev–Trinajstić information content (AvgIpc) is 2.54. The largest absolute Gasteiger partial charge is 0.491 e. The Balaban J connectivity index is 2.26. The highest BCUT2D eigenvalue weighted by Gasteiger charge is 2.12. The molecule has 24 heavy (non-hydrogen) atoms. The molecule has 128 valence electrons. The van der Waals surface area contributed by atoms with Gasteiger partial charge in [-0.25, -0.2) is 4.98 Å². The van der Waals surface area contributed by atoms with Gasteiger partial charge in [0.1, 0.15) is 11.6 Å². The summed E-state index contributed by atoms with van der Waals surface area (Å²) in [5.41, 5.74) is 8.41. The van der Waals surface area contributed by atoms with Gasteiger partial charge in [0.15, 0.2) is 0 Å². The van der Waals surface area contributed by atoms with Crippen molar-refractivity contribution < 1.29 is 4.74 Å². The predicted molar refractivity (Wildman–Crippen MR) is 100 cm³/mol. The quantitative estimate of drug-likeness (QED) is 0.531. The van der Waals surface area contributed by atoms with Crippen LogP contribution in [0.5, 0.6) is 5.75 Å². The zero-order chi connectivity index (χ0) is 17.7. The number of hydrogen-bond donors (Lipinski definition) is 3. The lowest BCUT2D eigenvalue weighted by atomic mass is 10.0. The van der Waals surface area contributed by atoms with E-state index in [1.165, 1.54) is 0 Å². The molecule has 0 saturated heterocycles. The molecule has 0 radical (unpaired) electrons. The van der Waals surface area contributed by atoms with Gasteiger partial charge in [0.05, 0.1) is 11.8 Å². The second-order valence-corrected chi connectivity index (χ2v) is 6.50. The van der Waals surface area contributed by atoms with Crippen LogP contribution >= 0.6 is 0 Å². The van der Waals surface area contributed by atoms with Gasteiger partial charge in [0, 0.05) is 29.6 Å². The van der Waals surface area contributed by atoms with E-state index in [1.807, 2.05) is 38.1 Å². The van der Waals surface area contributed by atoms with Crippen molar-refractivity contribution in [1.29, 1.82) is 5.41 Å². The number of aromatic nitrogens is 1. The maximum Gasteiger partial charge on any atom is 0.126 e. The predicted octanol–water partition coefficient (Wildman–Crippen LogP) is 3.94. The average molecular weight is 326 g/mol. The van der Waals surface area contributed by atoms with Crippen molar-refractivity contribution in [2.24, 2.45) is 5.92 Å². The van der Waals surface area contributed by atoms with Gasteiger partial charge in [0.25, 0.3) is 0 Å². The van der Waals surface area contributed by atoms with E-state index in [1.54, 1.807) is 12.3 Å². The fourth-order valence-corrected chi connectivity index (χ4v) is 2.24. The Bertz CT molecular complexity index is 710. The number of rotatable bonds is 7. The first-order chi connectivity index (χ1) is 11.4. The lowest BCUT2D eigenvalue weighted by Crippen LogP contribution is -2.11. The second-order valence-electron chi connectivity index (χ2n) is 6.50. The third kappa shape index (κ3) is 4.72. The van der Waals surface area contributed by atoms with Gasteiger partial charge in [-0.15, -0.1) is 0 Å². The molecule has 0 amide bonds. The molecule has 2 rings (SSSR count). The fraction of sp³-hybridized carbons (Fsp3) is 0.368. The standard InChI is InChI=1S/C19H26N4O/c1-12(2)11-23-18-9-14(7-8-22-18)19(21)16-10-15(24-13(3)4)5-6-17(16)20/h5-10,12-13,21H,11,20H2,1-4H3,(H,22,23). The molecule has 0 aliphatic heterocycles. The number of nitrogens with zero attached hydrogens (tertiary/aromatic N) is 1. The topological polar surface area (TPSA) is 84.0 Å². The van der Waals surface area contributed by atoms with E-state index in [0.29, 0.717) is 28.6 Å². The molecular formula is C19H26N4O. The monoisotopic (exact) mass is 326 g/mol. The highest BCUT2D eigenvalue weighted by atomic mass is 16.5. The van der Waals surface area contributed by atoms with E-state index in [-0.39, 0.29) is 6.10 Å². The second kappa shape index (κ2) is 7.81. The van der Waals surface area contributed by atoms with Crippen LogP contribution in [-0.2, 0) is 0 Å². The maximum absolute atomic E-state index is 8.51. The molecule has 4 N–H and O–H groups in total. The Kier molecular flexibility index (Phi) is 5.79. The van der Waals surface area contributed by atoms with E-state index in [9.17, 15) is 0 Å². The summed E-state index contributed by atoms with van der Waals surface area (Å²) in [7, 11) is 0. The molecule has 5 heteroatoms. The number of nitrogen functional groups attached to an aromatic ring is 1. The molecule has 0 aliphatic carbocycles. The molecule has 0 spiro atoms. The number of anilines is 2. The van der Waals surface area contributed by atoms with E-state index in [4.69, 9.17) is 15.9 Å². The van der Waals surface area contributed by atoms with Crippen LogP contribution < -0.4 is 15.8 Å².